The van der Waals surface area contributed by atoms with Gasteiger partial charge in [-0.15, -0.1) is 0 Å². The van der Waals surface area contributed by atoms with Crippen molar-refractivity contribution in [1.29, 1.82) is 0 Å². The van der Waals surface area contributed by atoms with Crippen LogP contribution in [0, 0.1) is 5.92 Å². The smallest absolute Gasteiger partial charge is 0.139 e. The standard InChI is InChI=1S/C15H24BrN3/c1-3-10(4-2)14-13(16)15-17-9-11-7-5-6-8-12(11)19(15)18-14/h10-12,17H,3-9H2,1-2H3. The van der Waals surface area contributed by atoms with Crippen LogP contribution in [0.1, 0.15) is 70.0 Å². The molecule has 2 heterocycles. The molecule has 106 valence electrons. The van der Waals surface area contributed by atoms with Gasteiger partial charge >= 0.3 is 0 Å². The van der Waals surface area contributed by atoms with E-state index in [0.29, 0.717) is 12.0 Å². The largest absolute Gasteiger partial charge is 0.369 e. The monoisotopic (exact) mass is 325 g/mol. The average molecular weight is 326 g/mol. The molecular formula is C15H24BrN3. The summed E-state index contributed by atoms with van der Waals surface area (Å²) in [5, 5.41) is 8.59. The summed E-state index contributed by atoms with van der Waals surface area (Å²) < 4.78 is 3.51. The summed E-state index contributed by atoms with van der Waals surface area (Å²) in [6.45, 7) is 5.64. The van der Waals surface area contributed by atoms with E-state index in [4.69, 9.17) is 5.10 Å². The molecule has 0 amide bonds. The second kappa shape index (κ2) is 5.47. The van der Waals surface area contributed by atoms with E-state index in [9.17, 15) is 0 Å². The number of fused-ring (bicyclic) bond motifs is 3. The summed E-state index contributed by atoms with van der Waals surface area (Å²) in [6.07, 6.45) is 7.74. The van der Waals surface area contributed by atoms with Crippen LogP contribution in [0.3, 0.4) is 0 Å². The van der Waals surface area contributed by atoms with Gasteiger partial charge in [-0.05, 0) is 47.5 Å². The molecule has 1 fully saturated rings. The minimum absolute atomic E-state index is 0.580. The Labute approximate surface area is 124 Å². The first kappa shape index (κ1) is 13.5. The summed E-state index contributed by atoms with van der Waals surface area (Å²) in [4.78, 5) is 0. The number of anilines is 1. The van der Waals surface area contributed by atoms with Crippen LogP contribution in [-0.4, -0.2) is 16.3 Å². The Morgan fingerprint density at radius 1 is 1.32 bits per heavy atom. The summed E-state index contributed by atoms with van der Waals surface area (Å²) in [6, 6.07) is 0.629. The second-order valence-electron chi connectivity index (χ2n) is 6.00. The summed E-state index contributed by atoms with van der Waals surface area (Å²) in [7, 11) is 0. The van der Waals surface area contributed by atoms with Crippen molar-refractivity contribution in [1.82, 2.24) is 9.78 Å². The van der Waals surface area contributed by atoms with Gasteiger partial charge in [0.15, 0.2) is 0 Å². The highest BCUT2D eigenvalue weighted by atomic mass is 79.9. The van der Waals surface area contributed by atoms with Gasteiger partial charge in [0.25, 0.3) is 0 Å². The zero-order valence-corrected chi connectivity index (χ0v) is 13.5. The number of nitrogens with zero attached hydrogens (tertiary/aromatic N) is 2. The zero-order chi connectivity index (χ0) is 13.4. The highest BCUT2D eigenvalue weighted by molar-refractivity contribution is 9.10. The third-order valence-corrected chi connectivity index (χ3v) is 5.75. The van der Waals surface area contributed by atoms with E-state index >= 15 is 0 Å². The van der Waals surface area contributed by atoms with E-state index in [1.54, 1.807) is 0 Å². The van der Waals surface area contributed by atoms with E-state index in [1.165, 1.54) is 54.5 Å². The molecule has 4 heteroatoms. The van der Waals surface area contributed by atoms with Crippen LogP contribution in [0.4, 0.5) is 5.82 Å². The fraction of sp³-hybridized carbons (Fsp3) is 0.800. The topological polar surface area (TPSA) is 29.9 Å². The van der Waals surface area contributed by atoms with Gasteiger partial charge in [0, 0.05) is 12.5 Å². The molecule has 0 bridgehead atoms. The zero-order valence-electron chi connectivity index (χ0n) is 12.0. The third-order valence-electron chi connectivity index (χ3n) is 4.96. The molecule has 2 atom stereocenters. The SMILES string of the molecule is CCC(CC)c1nn2c(c1Br)NCC1CCCCC12. The maximum atomic E-state index is 4.98. The molecule has 1 aromatic rings. The van der Waals surface area contributed by atoms with E-state index < -0.39 is 0 Å². The maximum Gasteiger partial charge on any atom is 0.139 e. The number of rotatable bonds is 3. The first-order valence-corrected chi connectivity index (χ1v) is 8.57. The molecular weight excluding hydrogens is 302 g/mol. The lowest BCUT2D eigenvalue weighted by molar-refractivity contribution is 0.221. The average Bonchev–Trinajstić information content (AvgIpc) is 2.78. The molecule has 2 unspecified atom stereocenters. The van der Waals surface area contributed by atoms with E-state index in [2.05, 4.69) is 39.8 Å². The van der Waals surface area contributed by atoms with Crippen LogP contribution in [-0.2, 0) is 0 Å². The van der Waals surface area contributed by atoms with Gasteiger partial charge in [-0.2, -0.15) is 5.10 Å². The van der Waals surface area contributed by atoms with Gasteiger partial charge in [0.05, 0.1) is 16.2 Å². The highest BCUT2D eigenvalue weighted by Gasteiger charge is 2.35. The Morgan fingerprint density at radius 3 is 2.79 bits per heavy atom. The molecule has 19 heavy (non-hydrogen) atoms. The van der Waals surface area contributed by atoms with Crippen LogP contribution >= 0.6 is 15.9 Å². The number of nitrogens with one attached hydrogen (secondary N) is 1. The molecule has 3 rings (SSSR count). The predicted octanol–water partition coefficient (Wildman–Crippen LogP) is 4.71. The highest BCUT2D eigenvalue weighted by Crippen LogP contribution is 2.43. The van der Waals surface area contributed by atoms with Crippen LogP contribution in [0.25, 0.3) is 0 Å². The Balaban J connectivity index is 1.98. The van der Waals surface area contributed by atoms with Gasteiger partial charge < -0.3 is 5.32 Å². The summed E-state index contributed by atoms with van der Waals surface area (Å²) in [5.74, 6) is 2.59. The second-order valence-corrected chi connectivity index (χ2v) is 6.79. The van der Waals surface area contributed by atoms with Gasteiger partial charge in [0.1, 0.15) is 5.82 Å². The van der Waals surface area contributed by atoms with Crippen molar-refractivity contribution < 1.29 is 0 Å². The van der Waals surface area contributed by atoms with Crippen LogP contribution in [0.5, 0.6) is 0 Å². The van der Waals surface area contributed by atoms with Gasteiger partial charge in [0.2, 0.25) is 0 Å². The van der Waals surface area contributed by atoms with Gasteiger partial charge in [-0.25, -0.2) is 4.68 Å². The number of hydrogen-bond acceptors (Lipinski definition) is 2. The van der Waals surface area contributed by atoms with Crippen LogP contribution in [0.15, 0.2) is 4.47 Å². The summed E-state index contributed by atoms with van der Waals surface area (Å²) in [5.41, 5.74) is 1.26. The molecule has 3 nitrogen and oxygen atoms in total. The van der Waals surface area contributed by atoms with Crippen molar-refractivity contribution in [2.45, 2.75) is 64.3 Å². The molecule has 2 aliphatic rings. The predicted molar refractivity (Wildman–Crippen MR) is 82.7 cm³/mol. The molecule has 0 saturated heterocycles. The summed E-state index contributed by atoms with van der Waals surface area (Å²) >= 11 is 3.79. The molecule has 1 aliphatic heterocycles. The van der Waals surface area contributed by atoms with Crippen molar-refractivity contribution in [3.05, 3.63) is 10.2 Å². The van der Waals surface area contributed by atoms with E-state index in [1.807, 2.05) is 0 Å². The Hall–Kier alpha value is -0.510. The van der Waals surface area contributed by atoms with Crippen LogP contribution < -0.4 is 5.32 Å². The molecule has 0 aromatic carbocycles. The quantitative estimate of drug-likeness (QED) is 0.872. The van der Waals surface area contributed by atoms with Crippen molar-refractivity contribution in [2.24, 2.45) is 5.92 Å². The minimum atomic E-state index is 0.580. The fourth-order valence-electron chi connectivity index (χ4n) is 3.74. The maximum absolute atomic E-state index is 4.98. The molecule has 1 N–H and O–H groups in total. The molecule has 0 spiro atoms. The van der Waals surface area contributed by atoms with Gasteiger partial charge in [-0.1, -0.05) is 26.7 Å². The van der Waals surface area contributed by atoms with Crippen molar-refractivity contribution >= 4 is 21.7 Å². The van der Waals surface area contributed by atoms with E-state index in [0.717, 1.165) is 12.5 Å². The first-order chi connectivity index (χ1) is 9.26. The third kappa shape index (κ3) is 2.22. The van der Waals surface area contributed by atoms with Crippen molar-refractivity contribution in [3.8, 4) is 0 Å². The van der Waals surface area contributed by atoms with Crippen molar-refractivity contribution in [2.75, 3.05) is 11.9 Å². The number of aromatic nitrogens is 2. The number of hydrogen-bond donors (Lipinski definition) is 1. The normalized spacial score (nSPS) is 25.9. The lowest BCUT2D eigenvalue weighted by Gasteiger charge is -2.37. The lowest BCUT2D eigenvalue weighted by Crippen LogP contribution is -2.35. The molecule has 1 aliphatic carbocycles. The fourth-order valence-corrected chi connectivity index (χ4v) is 4.47. The van der Waals surface area contributed by atoms with Gasteiger partial charge in [-0.3, -0.25) is 0 Å². The Morgan fingerprint density at radius 2 is 2.05 bits per heavy atom. The van der Waals surface area contributed by atoms with Crippen molar-refractivity contribution in [3.63, 3.8) is 0 Å². The van der Waals surface area contributed by atoms with Crippen LogP contribution in [0.2, 0.25) is 0 Å². The molecule has 1 aromatic heterocycles. The van der Waals surface area contributed by atoms with E-state index in [-0.39, 0.29) is 0 Å². The number of halogens is 1. The minimum Gasteiger partial charge on any atom is -0.369 e. The first-order valence-electron chi connectivity index (χ1n) is 7.78. The Bertz CT molecular complexity index is 450. The lowest BCUT2D eigenvalue weighted by atomic mass is 9.83. The molecule has 0 radical (unpaired) electrons. The Kier molecular flexibility index (Phi) is 3.88. The molecule has 1 saturated carbocycles.